The molecule has 132 valence electrons. The third-order valence-corrected chi connectivity index (χ3v) is 3.85. The molecule has 3 rings (SSSR count). The number of nitrogens with zero attached hydrogens (tertiary/aromatic N) is 3. The lowest BCUT2D eigenvalue weighted by Gasteiger charge is -2.12. The molecule has 0 saturated carbocycles. The molecule has 26 heavy (non-hydrogen) atoms. The number of nitrogen functional groups attached to an aromatic ring is 1. The number of benzene rings is 1. The van der Waals surface area contributed by atoms with E-state index in [2.05, 4.69) is 25.8 Å². The molecule has 8 nitrogen and oxygen atoms in total. The summed E-state index contributed by atoms with van der Waals surface area (Å²) in [7, 11) is 0. The lowest BCUT2D eigenvalue weighted by molar-refractivity contribution is 0.0962. The molecule has 0 spiro atoms. The van der Waals surface area contributed by atoms with Crippen molar-refractivity contribution in [2.75, 3.05) is 11.2 Å². The predicted octanol–water partition coefficient (Wildman–Crippen LogP) is 2.96. The Hall–Kier alpha value is -3.39. The van der Waals surface area contributed by atoms with Gasteiger partial charge in [-0.15, -0.1) is 0 Å². The molecule has 0 fully saturated rings. The molecule has 2 heterocycles. The van der Waals surface area contributed by atoms with Crippen LogP contribution in [0, 0.1) is 6.92 Å². The van der Waals surface area contributed by atoms with Gasteiger partial charge in [0.05, 0.1) is 0 Å². The first kappa shape index (κ1) is 17.4. The van der Waals surface area contributed by atoms with E-state index in [1.807, 2.05) is 6.92 Å². The summed E-state index contributed by atoms with van der Waals surface area (Å²) < 4.78 is 5.68. The molecule has 0 atom stereocenters. The second-order valence-electron chi connectivity index (χ2n) is 5.27. The molecule has 0 aliphatic carbocycles. The highest BCUT2D eigenvalue weighted by Crippen LogP contribution is 2.30. The largest absolute Gasteiger partial charge is 0.437 e. The number of carbonyl (C=O) groups excluding carboxylic acids is 1. The molecule has 4 N–H and O–H groups in total. The van der Waals surface area contributed by atoms with E-state index in [4.69, 9.17) is 22.1 Å². The van der Waals surface area contributed by atoms with Gasteiger partial charge in [0, 0.05) is 23.0 Å². The maximum atomic E-state index is 12.0. The summed E-state index contributed by atoms with van der Waals surface area (Å²) in [6.07, 6.45) is 4.32. The highest BCUT2D eigenvalue weighted by molar-refractivity contribution is 6.31. The van der Waals surface area contributed by atoms with Gasteiger partial charge >= 0.3 is 0 Å². The van der Waals surface area contributed by atoms with Gasteiger partial charge in [-0.25, -0.2) is 4.98 Å². The van der Waals surface area contributed by atoms with Crippen molar-refractivity contribution in [1.82, 2.24) is 20.4 Å². The lowest BCUT2D eigenvalue weighted by atomic mass is 10.2. The molecule has 0 saturated heterocycles. The van der Waals surface area contributed by atoms with Crippen LogP contribution in [0.25, 0.3) is 0 Å². The smallest absolute Gasteiger partial charge is 0.269 e. The van der Waals surface area contributed by atoms with Crippen molar-refractivity contribution in [2.45, 2.75) is 6.92 Å². The number of hydrogen-bond donors (Lipinski definition) is 3. The van der Waals surface area contributed by atoms with Crippen LogP contribution in [0.1, 0.15) is 15.9 Å². The van der Waals surface area contributed by atoms with Crippen LogP contribution in [0.5, 0.6) is 11.6 Å². The molecule has 0 aliphatic heterocycles. The van der Waals surface area contributed by atoms with Gasteiger partial charge in [0.25, 0.3) is 5.91 Å². The number of nitrogens with one attached hydrogen (secondary N) is 2. The zero-order valence-corrected chi connectivity index (χ0v) is 14.5. The summed E-state index contributed by atoms with van der Waals surface area (Å²) in [6.45, 7) is 1.86. The molecule has 2 aromatic heterocycles. The quantitative estimate of drug-likeness (QED) is 0.591. The number of anilines is 2. The maximum absolute atomic E-state index is 12.0. The third-order valence-electron chi connectivity index (χ3n) is 3.43. The molecule has 1 aromatic carbocycles. The molecule has 0 unspecified atom stereocenters. The summed E-state index contributed by atoms with van der Waals surface area (Å²) in [6, 6.07) is 8.35. The van der Waals surface area contributed by atoms with E-state index in [1.165, 1.54) is 18.7 Å². The van der Waals surface area contributed by atoms with Crippen LogP contribution < -0.4 is 21.3 Å². The highest BCUT2D eigenvalue weighted by atomic mass is 35.5. The third kappa shape index (κ3) is 3.98. The number of rotatable bonds is 5. The number of pyridine rings is 1. The number of aryl methyl sites for hydroxylation is 1. The Morgan fingerprint density at radius 3 is 2.69 bits per heavy atom. The minimum atomic E-state index is -0.360. The van der Waals surface area contributed by atoms with Gasteiger partial charge < -0.3 is 10.5 Å². The van der Waals surface area contributed by atoms with Gasteiger partial charge in [-0.05, 0) is 42.8 Å². The zero-order valence-electron chi connectivity index (χ0n) is 13.7. The molecular weight excluding hydrogens is 356 g/mol. The fourth-order valence-electron chi connectivity index (χ4n) is 2.04. The van der Waals surface area contributed by atoms with Gasteiger partial charge in [0.2, 0.25) is 5.88 Å². The minimum Gasteiger partial charge on any atom is -0.437 e. The van der Waals surface area contributed by atoms with Gasteiger partial charge in [0.1, 0.15) is 17.8 Å². The summed E-state index contributed by atoms with van der Waals surface area (Å²) in [5, 5.41) is 0.634. The van der Waals surface area contributed by atoms with Crippen LogP contribution >= 0.6 is 11.6 Å². The van der Waals surface area contributed by atoms with Crippen molar-refractivity contribution >= 4 is 29.0 Å². The fraction of sp³-hybridized carbons (Fsp3) is 0.0588. The molecule has 0 aliphatic rings. The first-order valence-corrected chi connectivity index (χ1v) is 7.93. The highest BCUT2D eigenvalue weighted by Gasteiger charge is 2.12. The van der Waals surface area contributed by atoms with E-state index in [0.717, 1.165) is 5.56 Å². The van der Waals surface area contributed by atoms with Crippen molar-refractivity contribution in [3.63, 3.8) is 0 Å². The van der Waals surface area contributed by atoms with Crippen molar-refractivity contribution in [1.29, 1.82) is 0 Å². The van der Waals surface area contributed by atoms with Gasteiger partial charge in [-0.2, -0.15) is 4.98 Å². The van der Waals surface area contributed by atoms with Crippen LogP contribution in [-0.2, 0) is 0 Å². The predicted molar refractivity (Wildman–Crippen MR) is 98.0 cm³/mol. The maximum Gasteiger partial charge on any atom is 0.269 e. The zero-order chi connectivity index (χ0) is 18.5. The van der Waals surface area contributed by atoms with E-state index < -0.39 is 0 Å². The first-order chi connectivity index (χ1) is 12.5. The topological polar surface area (TPSA) is 115 Å². The Balaban J connectivity index is 1.72. The monoisotopic (exact) mass is 370 g/mol. The van der Waals surface area contributed by atoms with Gasteiger partial charge in [-0.3, -0.25) is 20.6 Å². The number of ether oxygens (including phenoxy) is 1. The fourth-order valence-corrected chi connectivity index (χ4v) is 2.16. The van der Waals surface area contributed by atoms with Crippen LogP contribution in [0.15, 0.2) is 49.1 Å². The Bertz CT molecular complexity index is 936. The van der Waals surface area contributed by atoms with Gasteiger partial charge in [-0.1, -0.05) is 11.6 Å². The Morgan fingerprint density at radius 1 is 1.19 bits per heavy atom. The van der Waals surface area contributed by atoms with Crippen LogP contribution in [0.2, 0.25) is 5.02 Å². The number of amides is 1. The minimum absolute atomic E-state index is 0.148. The Kier molecular flexibility index (Phi) is 5.14. The number of nitrogens with two attached hydrogens (primary N) is 1. The van der Waals surface area contributed by atoms with E-state index >= 15 is 0 Å². The summed E-state index contributed by atoms with van der Waals surface area (Å²) in [5.41, 5.74) is 12.6. The molecule has 0 radical (unpaired) electrons. The van der Waals surface area contributed by atoms with E-state index in [9.17, 15) is 4.79 Å². The average Bonchev–Trinajstić information content (AvgIpc) is 2.66. The normalized spacial score (nSPS) is 10.2. The van der Waals surface area contributed by atoms with E-state index in [-0.39, 0.29) is 23.3 Å². The molecule has 0 bridgehead atoms. The number of carbonyl (C=O) groups is 1. The standard InChI is InChI=1S/C17H15ClN6O2/c1-10-8-12(2-3-13(10)18)26-17-14(19)15(21-9-22-17)23-24-16(25)11-4-6-20-7-5-11/h2-9H,19H2,1H3,(H,24,25)(H,21,22,23). The number of aromatic nitrogens is 3. The number of hydrazine groups is 1. The lowest BCUT2D eigenvalue weighted by Crippen LogP contribution is -2.30. The van der Waals surface area contributed by atoms with E-state index in [1.54, 1.807) is 30.3 Å². The number of halogens is 1. The second-order valence-corrected chi connectivity index (χ2v) is 5.68. The van der Waals surface area contributed by atoms with Crippen molar-refractivity contribution < 1.29 is 9.53 Å². The number of hydrogen-bond acceptors (Lipinski definition) is 7. The van der Waals surface area contributed by atoms with Crippen molar-refractivity contribution in [2.24, 2.45) is 0 Å². The average molecular weight is 371 g/mol. The van der Waals surface area contributed by atoms with E-state index in [0.29, 0.717) is 16.3 Å². The first-order valence-electron chi connectivity index (χ1n) is 7.55. The van der Waals surface area contributed by atoms with Gasteiger partial charge in [0.15, 0.2) is 5.82 Å². The molecule has 1 amide bonds. The Morgan fingerprint density at radius 2 is 1.96 bits per heavy atom. The molecule has 9 heteroatoms. The summed E-state index contributed by atoms with van der Waals surface area (Å²) in [5.74, 6) is 0.538. The van der Waals surface area contributed by atoms with Crippen molar-refractivity contribution in [3.05, 3.63) is 65.2 Å². The SMILES string of the molecule is Cc1cc(Oc2ncnc(NNC(=O)c3ccncc3)c2N)ccc1Cl. The second kappa shape index (κ2) is 7.66. The Labute approximate surface area is 154 Å². The molecule has 3 aromatic rings. The van der Waals surface area contributed by atoms with Crippen LogP contribution in [-0.4, -0.2) is 20.9 Å². The van der Waals surface area contributed by atoms with Crippen LogP contribution in [0.3, 0.4) is 0 Å². The van der Waals surface area contributed by atoms with Crippen molar-refractivity contribution in [3.8, 4) is 11.6 Å². The summed E-state index contributed by atoms with van der Waals surface area (Å²) in [4.78, 5) is 23.9. The van der Waals surface area contributed by atoms with Crippen LogP contribution in [0.4, 0.5) is 11.5 Å². The molecular formula is C17H15ClN6O2. The summed E-state index contributed by atoms with van der Waals surface area (Å²) >= 11 is 6.00.